The summed E-state index contributed by atoms with van der Waals surface area (Å²) in [4.78, 5) is 28.5. The summed E-state index contributed by atoms with van der Waals surface area (Å²) in [6.07, 6.45) is -0.339. The van der Waals surface area contributed by atoms with Crippen LogP contribution in [0.25, 0.3) is 22.0 Å². The summed E-state index contributed by atoms with van der Waals surface area (Å²) < 4.78 is 5.41. The Bertz CT molecular complexity index is 1070. The summed E-state index contributed by atoms with van der Waals surface area (Å²) in [5.74, 6) is -0.113. The second-order valence-electron chi connectivity index (χ2n) is 8.45. The second kappa shape index (κ2) is 7.82. The van der Waals surface area contributed by atoms with Crippen LogP contribution in [-0.2, 0) is 4.74 Å². The van der Waals surface area contributed by atoms with Crippen LogP contribution in [0.1, 0.15) is 31.3 Å². The highest BCUT2D eigenvalue weighted by atomic mass is 16.6. The highest BCUT2D eigenvalue weighted by Gasteiger charge is 2.28. The van der Waals surface area contributed by atoms with Crippen LogP contribution >= 0.6 is 0 Å². The Hall–Kier alpha value is -3.35. The van der Waals surface area contributed by atoms with Crippen molar-refractivity contribution in [3.63, 3.8) is 0 Å². The maximum absolute atomic E-state index is 12.9. The van der Waals surface area contributed by atoms with Gasteiger partial charge in [0.1, 0.15) is 11.3 Å². The number of amides is 2. The normalized spacial score (nSPS) is 14.8. The molecule has 0 spiro atoms. The van der Waals surface area contributed by atoms with Crippen molar-refractivity contribution in [1.29, 1.82) is 0 Å². The molecule has 0 atom stereocenters. The summed E-state index contributed by atoms with van der Waals surface area (Å²) in [5, 5.41) is 9.49. The van der Waals surface area contributed by atoms with E-state index >= 15 is 0 Å². The monoisotopic (exact) mass is 406 g/mol. The maximum Gasteiger partial charge on any atom is 0.410 e. The maximum atomic E-state index is 12.9. The van der Waals surface area contributed by atoms with Gasteiger partial charge in [0.25, 0.3) is 5.91 Å². The first-order valence-electron chi connectivity index (χ1n) is 10.1. The first-order valence-corrected chi connectivity index (χ1v) is 10.1. The van der Waals surface area contributed by atoms with E-state index < -0.39 is 5.60 Å². The van der Waals surface area contributed by atoms with E-state index in [1.807, 2.05) is 45.0 Å². The van der Waals surface area contributed by atoms with Crippen molar-refractivity contribution in [2.75, 3.05) is 26.2 Å². The molecule has 1 aromatic heterocycles. The van der Waals surface area contributed by atoms with E-state index in [-0.39, 0.29) is 12.0 Å². The summed E-state index contributed by atoms with van der Waals surface area (Å²) >= 11 is 0. The largest absolute Gasteiger partial charge is 0.444 e. The number of rotatable bonds is 2. The molecule has 1 N–H and O–H groups in total. The van der Waals surface area contributed by atoms with Gasteiger partial charge in [-0.3, -0.25) is 9.89 Å². The van der Waals surface area contributed by atoms with Crippen LogP contribution in [0.4, 0.5) is 4.79 Å². The average molecular weight is 406 g/mol. The van der Waals surface area contributed by atoms with Crippen molar-refractivity contribution in [1.82, 2.24) is 20.0 Å². The topological polar surface area (TPSA) is 78.5 Å². The lowest BCUT2D eigenvalue weighted by Gasteiger charge is -2.35. The van der Waals surface area contributed by atoms with Crippen LogP contribution in [0, 0.1) is 0 Å². The van der Waals surface area contributed by atoms with Crippen LogP contribution in [0.15, 0.2) is 48.5 Å². The molecule has 2 aromatic carbocycles. The number of aromatic amines is 1. The Balaban J connectivity index is 1.45. The molecule has 1 saturated heterocycles. The van der Waals surface area contributed by atoms with Crippen LogP contribution in [-0.4, -0.2) is 63.8 Å². The number of ether oxygens (including phenoxy) is 1. The van der Waals surface area contributed by atoms with Crippen molar-refractivity contribution >= 4 is 22.8 Å². The predicted molar refractivity (Wildman–Crippen MR) is 115 cm³/mol. The minimum absolute atomic E-state index is 0.113. The minimum atomic E-state index is -0.530. The number of hydrogen-bond acceptors (Lipinski definition) is 4. The average Bonchev–Trinajstić information content (AvgIpc) is 3.22. The lowest BCUT2D eigenvalue weighted by atomic mass is 10.0. The van der Waals surface area contributed by atoms with Gasteiger partial charge in [0.2, 0.25) is 0 Å². The van der Waals surface area contributed by atoms with Crippen LogP contribution in [0.3, 0.4) is 0 Å². The first-order chi connectivity index (χ1) is 14.3. The van der Waals surface area contributed by atoms with Crippen molar-refractivity contribution in [3.05, 3.63) is 54.2 Å². The van der Waals surface area contributed by atoms with Gasteiger partial charge < -0.3 is 14.5 Å². The number of carbonyl (C=O) groups is 2. The van der Waals surface area contributed by atoms with Gasteiger partial charge in [0.15, 0.2) is 0 Å². The van der Waals surface area contributed by atoms with Crippen molar-refractivity contribution in [2.24, 2.45) is 0 Å². The Morgan fingerprint density at radius 1 is 0.967 bits per heavy atom. The molecule has 4 rings (SSSR count). The molecule has 1 fully saturated rings. The number of fused-ring (bicyclic) bond motifs is 1. The number of carbonyl (C=O) groups excluding carboxylic acids is 2. The smallest absolute Gasteiger partial charge is 0.410 e. The van der Waals surface area contributed by atoms with Crippen LogP contribution < -0.4 is 0 Å². The molecule has 3 aromatic rings. The number of nitrogens with zero attached hydrogens (tertiary/aromatic N) is 3. The fourth-order valence-corrected chi connectivity index (χ4v) is 3.61. The lowest BCUT2D eigenvalue weighted by molar-refractivity contribution is 0.0140. The Kier molecular flexibility index (Phi) is 5.20. The third-order valence-corrected chi connectivity index (χ3v) is 5.09. The molecule has 7 nitrogen and oxygen atoms in total. The lowest BCUT2D eigenvalue weighted by Crippen LogP contribution is -2.51. The highest BCUT2D eigenvalue weighted by molar-refractivity contribution is 5.98. The molecule has 2 heterocycles. The van der Waals surface area contributed by atoms with Gasteiger partial charge in [0, 0.05) is 31.7 Å². The molecule has 7 heteroatoms. The number of H-pyrrole nitrogens is 1. The Morgan fingerprint density at radius 2 is 1.63 bits per heavy atom. The first kappa shape index (κ1) is 19.9. The summed E-state index contributed by atoms with van der Waals surface area (Å²) in [5.41, 5.74) is 1.64. The molecule has 0 radical (unpaired) electrons. The fourth-order valence-electron chi connectivity index (χ4n) is 3.61. The summed E-state index contributed by atoms with van der Waals surface area (Å²) in [6, 6.07) is 16.0. The molecule has 0 saturated carbocycles. The van der Waals surface area contributed by atoms with Crippen molar-refractivity contribution in [2.45, 2.75) is 26.4 Å². The molecule has 0 aliphatic carbocycles. The minimum Gasteiger partial charge on any atom is -0.444 e. The van der Waals surface area contributed by atoms with Gasteiger partial charge in [-0.25, -0.2) is 4.79 Å². The third-order valence-electron chi connectivity index (χ3n) is 5.09. The fraction of sp³-hybridized carbons (Fsp3) is 0.348. The zero-order chi connectivity index (χ0) is 21.3. The number of benzene rings is 2. The van der Waals surface area contributed by atoms with Gasteiger partial charge in [0.05, 0.1) is 5.69 Å². The van der Waals surface area contributed by atoms with Crippen LogP contribution in [0.2, 0.25) is 0 Å². The van der Waals surface area contributed by atoms with Crippen LogP contribution in [0.5, 0.6) is 0 Å². The van der Waals surface area contributed by atoms with Gasteiger partial charge in [-0.2, -0.15) is 5.10 Å². The number of aromatic nitrogens is 2. The van der Waals surface area contributed by atoms with Crippen molar-refractivity contribution < 1.29 is 14.3 Å². The molecular formula is C23H26N4O3. The quantitative estimate of drug-likeness (QED) is 0.700. The molecule has 0 unspecified atom stereocenters. The second-order valence-corrected chi connectivity index (χ2v) is 8.45. The van der Waals surface area contributed by atoms with Gasteiger partial charge >= 0.3 is 6.09 Å². The molecule has 2 amide bonds. The third kappa shape index (κ3) is 4.15. The van der Waals surface area contributed by atoms with Gasteiger partial charge in [-0.1, -0.05) is 42.5 Å². The molecule has 1 aliphatic heterocycles. The van der Waals surface area contributed by atoms with Gasteiger partial charge in [-0.15, -0.1) is 0 Å². The van der Waals surface area contributed by atoms with E-state index in [0.29, 0.717) is 31.9 Å². The molecule has 156 valence electrons. The van der Waals surface area contributed by atoms with E-state index in [2.05, 4.69) is 28.4 Å². The highest BCUT2D eigenvalue weighted by Crippen LogP contribution is 2.27. The number of nitrogens with one attached hydrogen (secondary N) is 1. The number of piperazine rings is 1. The van der Waals surface area contributed by atoms with E-state index in [9.17, 15) is 9.59 Å². The molecule has 1 aliphatic rings. The predicted octanol–water partition coefficient (Wildman–Crippen LogP) is 3.92. The molecule has 0 bridgehead atoms. The van der Waals surface area contributed by atoms with E-state index in [1.54, 1.807) is 15.9 Å². The molecular weight excluding hydrogens is 380 g/mol. The summed E-state index contributed by atoms with van der Waals surface area (Å²) in [7, 11) is 0. The zero-order valence-corrected chi connectivity index (χ0v) is 17.5. The number of hydrogen-bond donors (Lipinski definition) is 1. The zero-order valence-electron chi connectivity index (χ0n) is 17.5. The molecule has 30 heavy (non-hydrogen) atoms. The SMILES string of the molecule is CC(C)(C)OC(=O)N1CCN(C(=O)c2cc(-c3cccc4ccccc34)n[nH]2)CC1. The standard InChI is InChI=1S/C23H26N4O3/c1-23(2,3)30-22(29)27-13-11-26(12-14-27)21(28)20-15-19(24-25-20)18-10-6-8-16-7-4-5-9-17(16)18/h4-10,15H,11-14H2,1-3H3,(H,24,25). The van der Waals surface area contributed by atoms with E-state index in [4.69, 9.17) is 4.74 Å². The Morgan fingerprint density at radius 3 is 2.37 bits per heavy atom. The van der Waals surface area contributed by atoms with Gasteiger partial charge in [-0.05, 0) is 37.6 Å². The van der Waals surface area contributed by atoms with E-state index in [0.717, 1.165) is 22.0 Å². The Labute approximate surface area is 175 Å². The summed E-state index contributed by atoms with van der Waals surface area (Å²) in [6.45, 7) is 7.35. The van der Waals surface area contributed by atoms with Crippen molar-refractivity contribution in [3.8, 4) is 11.3 Å². The van der Waals surface area contributed by atoms with E-state index in [1.165, 1.54) is 0 Å².